The van der Waals surface area contributed by atoms with E-state index in [1.807, 2.05) is 55.5 Å². The van der Waals surface area contributed by atoms with Gasteiger partial charge in [-0.2, -0.15) is 0 Å². The molecule has 4 heteroatoms. The van der Waals surface area contributed by atoms with Crippen LogP contribution in [0.25, 0.3) is 0 Å². The summed E-state index contributed by atoms with van der Waals surface area (Å²) >= 11 is 0. The van der Waals surface area contributed by atoms with E-state index in [0.29, 0.717) is 6.54 Å². The van der Waals surface area contributed by atoms with E-state index in [4.69, 9.17) is 9.47 Å². The van der Waals surface area contributed by atoms with Gasteiger partial charge in [-0.3, -0.25) is 4.79 Å². The predicted molar refractivity (Wildman–Crippen MR) is 91.0 cm³/mol. The molecule has 0 saturated carbocycles. The minimum Gasteiger partial charge on any atom is -0.497 e. The molecule has 0 saturated heterocycles. The van der Waals surface area contributed by atoms with Crippen LogP contribution in [0.3, 0.4) is 0 Å². The molecule has 2 rings (SSSR count). The Morgan fingerprint density at radius 3 is 2.57 bits per heavy atom. The van der Waals surface area contributed by atoms with Crippen molar-refractivity contribution < 1.29 is 14.3 Å². The highest BCUT2D eigenvalue weighted by Gasteiger charge is 2.02. The number of ether oxygens (including phenoxy) is 2. The molecule has 0 atom stereocenters. The van der Waals surface area contributed by atoms with Crippen LogP contribution in [0.4, 0.5) is 0 Å². The van der Waals surface area contributed by atoms with Gasteiger partial charge in [0.15, 0.2) is 6.61 Å². The number of nitrogens with one attached hydrogen (secondary N) is 1. The first kappa shape index (κ1) is 16.9. The quantitative estimate of drug-likeness (QED) is 0.762. The topological polar surface area (TPSA) is 47.6 Å². The molecule has 2 aromatic rings. The Morgan fingerprint density at radius 2 is 1.87 bits per heavy atom. The van der Waals surface area contributed by atoms with Crippen molar-refractivity contribution in [3.05, 3.63) is 59.7 Å². The van der Waals surface area contributed by atoms with Crippen LogP contribution in [0.1, 0.15) is 17.5 Å². The Morgan fingerprint density at radius 1 is 1.09 bits per heavy atom. The Bertz CT molecular complexity index is 623. The summed E-state index contributed by atoms with van der Waals surface area (Å²) in [7, 11) is 1.66. The van der Waals surface area contributed by atoms with E-state index in [2.05, 4.69) is 5.32 Å². The lowest BCUT2D eigenvalue weighted by Gasteiger charge is -2.08. The summed E-state index contributed by atoms with van der Waals surface area (Å²) in [6.45, 7) is 2.68. The fraction of sp³-hybridized carbons (Fsp3) is 0.316. The van der Waals surface area contributed by atoms with Crippen LogP contribution >= 0.6 is 0 Å². The number of benzene rings is 2. The van der Waals surface area contributed by atoms with E-state index in [9.17, 15) is 4.79 Å². The number of methoxy groups -OCH3 is 1. The van der Waals surface area contributed by atoms with Crippen molar-refractivity contribution in [1.82, 2.24) is 5.32 Å². The van der Waals surface area contributed by atoms with Gasteiger partial charge in [0, 0.05) is 6.54 Å². The molecule has 1 amide bonds. The summed E-state index contributed by atoms with van der Waals surface area (Å²) in [5.41, 5.74) is 2.35. The largest absolute Gasteiger partial charge is 0.497 e. The molecule has 0 heterocycles. The molecule has 1 N–H and O–H groups in total. The molecule has 0 aromatic heterocycles. The van der Waals surface area contributed by atoms with Crippen LogP contribution in [0.15, 0.2) is 48.5 Å². The van der Waals surface area contributed by atoms with E-state index >= 15 is 0 Å². The molecular weight excluding hydrogens is 290 g/mol. The zero-order valence-corrected chi connectivity index (χ0v) is 13.7. The first-order valence-corrected chi connectivity index (χ1v) is 7.76. The average Bonchev–Trinajstić information content (AvgIpc) is 2.57. The second-order valence-corrected chi connectivity index (χ2v) is 5.41. The number of aryl methyl sites for hydroxylation is 2. The molecule has 122 valence electrons. The van der Waals surface area contributed by atoms with Gasteiger partial charge >= 0.3 is 0 Å². The summed E-state index contributed by atoms with van der Waals surface area (Å²) in [4.78, 5) is 11.7. The summed E-state index contributed by atoms with van der Waals surface area (Å²) < 4.78 is 10.6. The minimum absolute atomic E-state index is 0.0476. The first-order chi connectivity index (χ1) is 11.2. The van der Waals surface area contributed by atoms with E-state index in [-0.39, 0.29) is 12.5 Å². The summed E-state index contributed by atoms with van der Waals surface area (Å²) in [6.07, 6.45) is 1.81. The third-order valence-corrected chi connectivity index (χ3v) is 3.48. The van der Waals surface area contributed by atoms with Crippen molar-refractivity contribution in [3.8, 4) is 11.5 Å². The fourth-order valence-electron chi connectivity index (χ4n) is 2.22. The molecule has 0 spiro atoms. The van der Waals surface area contributed by atoms with Crippen LogP contribution in [-0.4, -0.2) is 26.2 Å². The molecule has 0 bridgehead atoms. The average molecular weight is 313 g/mol. The summed E-state index contributed by atoms with van der Waals surface area (Å²) in [5, 5.41) is 2.87. The standard InChI is InChI=1S/C19H23NO3/c1-15-5-3-7-18(13-15)23-14-19(21)20-12-4-6-16-8-10-17(22-2)11-9-16/h3,5,7-11,13H,4,6,12,14H2,1-2H3,(H,20,21). The highest BCUT2D eigenvalue weighted by Crippen LogP contribution is 2.13. The van der Waals surface area contributed by atoms with E-state index in [1.54, 1.807) is 7.11 Å². The van der Waals surface area contributed by atoms with Crippen molar-refractivity contribution in [2.75, 3.05) is 20.3 Å². The van der Waals surface area contributed by atoms with Gasteiger partial charge in [0.2, 0.25) is 0 Å². The second-order valence-electron chi connectivity index (χ2n) is 5.41. The van der Waals surface area contributed by atoms with Crippen molar-refractivity contribution in [1.29, 1.82) is 0 Å². The maximum absolute atomic E-state index is 11.7. The lowest BCUT2D eigenvalue weighted by Crippen LogP contribution is -2.29. The minimum atomic E-state index is -0.0961. The van der Waals surface area contributed by atoms with Crippen LogP contribution in [-0.2, 0) is 11.2 Å². The summed E-state index contributed by atoms with van der Waals surface area (Å²) in [6, 6.07) is 15.7. The molecule has 0 aliphatic carbocycles. The first-order valence-electron chi connectivity index (χ1n) is 7.76. The highest BCUT2D eigenvalue weighted by atomic mass is 16.5. The van der Waals surface area contributed by atoms with Gasteiger partial charge in [0.1, 0.15) is 11.5 Å². The smallest absolute Gasteiger partial charge is 0.257 e. The van der Waals surface area contributed by atoms with Crippen LogP contribution < -0.4 is 14.8 Å². The third-order valence-electron chi connectivity index (χ3n) is 3.48. The van der Waals surface area contributed by atoms with Gasteiger partial charge in [-0.1, -0.05) is 24.3 Å². The lowest BCUT2D eigenvalue weighted by molar-refractivity contribution is -0.123. The Kier molecular flexibility index (Phi) is 6.48. The molecule has 23 heavy (non-hydrogen) atoms. The van der Waals surface area contributed by atoms with Crippen molar-refractivity contribution in [2.45, 2.75) is 19.8 Å². The second kappa shape index (κ2) is 8.83. The molecule has 0 aliphatic heterocycles. The Labute approximate surface area is 137 Å². The van der Waals surface area contributed by atoms with E-state index in [1.165, 1.54) is 5.56 Å². The number of carbonyl (C=O) groups excluding carboxylic acids is 1. The third kappa shape index (κ3) is 6.02. The normalized spacial score (nSPS) is 10.2. The maximum atomic E-state index is 11.7. The zero-order valence-electron chi connectivity index (χ0n) is 13.7. The Balaban J connectivity index is 1.62. The van der Waals surface area contributed by atoms with E-state index in [0.717, 1.165) is 29.9 Å². The maximum Gasteiger partial charge on any atom is 0.257 e. The van der Waals surface area contributed by atoms with Crippen molar-refractivity contribution in [2.24, 2.45) is 0 Å². The van der Waals surface area contributed by atoms with Gasteiger partial charge in [-0.25, -0.2) is 0 Å². The highest BCUT2D eigenvalue weighted by molar-refractivity contribution is 5.77. The van der Waals surface area contributed by atoms with Gasteiger partial charge in [0.05, 0.1) is 7.11 Å². The van der Waals surface area contributed by atoms with E-state index < -0.39 is 0 Å². The number of hydrogen-bond acceptors (Lipinski definition) is 3. The lowest BCUT2D eigenvalue weighted by atomic mass is 10.1. The zero-order chi connectivity index (χ0) is 16.5. The molecular formula is C19H23NO3. The SMILES string of the molecule is COc1ccc(CCCNC(=O)COc2cccc(C)c2)cc1. The Hall–Kier alpha value is -2.49. The van der Waals surface area contributed by atoms with Gasteiger partial charge in [-0.15, -0.1) is 0 Å². The van der Waals surface area contributed by atoms with Crippen molar-refractivity contribution >= 4 is 5.91 Å². The molecule has 0 radical (unpaired) electrons. The molecule has 0 fully saturated rings. The molecule has 0 unspecified atom stereocenters. The number of hydrogen-bond donors (Lipinski definition) is 1. The molecule has 0 aliphatic rings. The van der Waals surface area contributed by atoms with Crippen molar-refractivity contribution in [3.63, 3.8) is 0 Å². The van der Waals surface area contributed by atoms with Gasteiger partial charge in [0.25, 0.3) is 5.91 Å². The molecule has 2 aromatic carbocycles. The number of amides is 1. The summed E-state index contributed by atoms with van der Waals surface area (Å²) in [5.74, 6) is 1.48. The number of rotatable bonds is 8. The monoisotopic (exact) mass is 313 g/mol. The van der Waals surface area contributed by atoms with Crippen LogP contribution in [0, 0.1) is 6.92 Å². The van der Waals surface area contributed by atoms with Crippen LogP contribution in [0.5, 0.6) is 11.5 Å². The molecule has 4 nitrogen and oxygen atoms in total. The fourth-order valence-corrected chi connectivity index (χ4v) is 2.22. The van der Waals surface area contributed by atoms with Crippen LogP contribution in [0.2, 0.25) is 0 Å². The van der Waals surface area contributed by atoms with Gasteiger partial charge in [-0.05, 0) is 55.2 Å². The van der Waals surface area contributed by atoms with Gasteiger partial charge < -0.3 is 14.8 Å². The number of carbonyl (C=O) groups is 1. The predicted octanol–water partition coefficient (Wildman–Crippen LogP) is 3.13.